The van der Waals surface area contributed by atoms with Gasteiger partial charge in [0.05, 0.1) is 6.21 Å². The van der Waals surface area contributed by atoms with E-state index < -0.39 is 12.2 Å². The van der Waals surface area contributed by atoms with E-state index in [1.165, 1.54) is 6.21 Å². The van der Waals surface area contributed by atoms with Gasteiger partial charge < -0.3 is 14.2 Å². The predicted molar refractivity (Wildman–Crippen MR) is 146 cm³/mol. The molecule has 0 heterocycles. The summed E-state index contributed by atoms with van der Waals surface area (Å²) >= 11 is 17.8. The van der Waals surface area contributed by atoms with Crippen LogP contribution in [-0.2, 0) is 11.4 Å². The average Bonchev–Trinajstić information content (AvgIpc) is 2.90. The number of hydrazone groups is 1. The van der Waals surface area contributed by atoms with Crippen LogP contribution in [0.3, 0.4) is 0 Å². The van der Waals surface area contributed by atoms with Crippen molar-refractivity contribution < 1.29 is 19.0 Å². The molecular formula is C28H21Cl3N2O4. The minimum Gasteiger partial charge on any atom is -0.489 e. The molecule has 4 aromatic carbocycles. The fourth-order valence-electron chi connectivity index (χ4n) is 3.06. The third kappa shape index (κ3) is 8.43. The highest BCUT2D eigenvalue weighted by Crippen LogP contribution is 2.21. The monoisotopic (exact) mass is 554 g/mol. The molecule has 0 aliphatic carbocycles. The standard InChI is InChI=1S/C28H21Cl3N2O4/c29-21-6-4-19(5-7-21)18-35-26-3-1-2-20(16-26)17-32-33-27(34)28(36-24-12-8-22(30)9-13-24)37-25-14-10-23(31)11-15-25/h1-17,28H,18H2,(H,33,34)/b32-17-. The van der Waals surface area contributed by atoms with E-state index in [0.717, 1.165) is 11.1 Å². The van der Waals surface area contributed by atoms with E-state index in [0.29, 0.717) is 38.9 Å². The maximum atomic E-state index is 12.9. The predicted octanol–water partition coefficient (Wildman–Crippen LogP) is 7.16. The zero-order valence-electron chi connectivity index (χ0n) is 19.3. The van der Waals surface area contributed by atoms with Crippen molar-refractivity contribution in [2.24, 2.45) is 5.10 Å². The Hall–Kier alpha value is -3.71. The van der Waals surface area contributed by atoms with Gasteiger partial charge in [0.25, 0.3) is 0 Å². The van der Waals surface area contributed by atoms with Crippen molar-refractivity contribution in [2.45, 2.75) is 12.9 Å². The van der Waals surface area contributed by atoms with Crippen LogP contribution in [0.4, 0.5) is 0 Å². The van der Waals surface area contributed by atoms with Crippen LogP contribution in [0.1, 0.15) is 11.1 Å². The molecule has 188 valence electrons. The Morgan fingerprint density at radius 3 is 1.86 bits per heavy atom. The molecule has 0 fully saturated rings. The number of carbonyl (C=O) groups excluding carboxylic acids is 1. The van der Waals surface area contributed by atoms with Gasteiger partial charge in [-0.25, -0.2) is 5.43 Å². The summed E-state index contributed by atoms with van der Waals surface area (Å²) in [6.07, 6.45) is 0.169. The third-order valence-electron chi connectivity index (χ3n) is 4.89. The summed E-state index contributed by atoms with van der Waals surface area (Å²) in [5, 5.41) is 5.79. The van der Waals surface area contributed by atoms with Crippen LogP contribution >= 0.6 is 34.8 Å². The maximum absolute atomic E-state index is 12.9. The maximum Gasteiger partial charge on any atom is 0.323 e. The first-order chi connectivity index (χ1) is 17.9. The second-order valence-corrected chi connectivity index (χ2v) is 9.01. The lowest BCUT2D eigenvalue weighted by Gasteiger charge is -2.19. The molecule has 0 atom stereocenters. The smallest absolute Gasteiger partial charge is 0.323 e. The van der Waals surface area contributed by atoms with Gasteiger partial charge in [0.2, 0.25) is 0 Å². The van der Waals surface area contributed by atoms with E-state index in [-0.39, 0.29) is 0 Å². The number of nitrogens with zero attached hydrogens (tertiary/aromatic N) is 1. The second-order valence-electron chi connectivity index (χ2n) is 7.70. The number of nitrogens with one attached hydrogen (secondary N) is 1. The fraction of sp³-hybridized carbons (Fsp3) is 0.0714. The number of amides is 1. The molecule has 9 heteroatoms. The summed E-state index contributed by atoms with van der Waals surface area (Å²) < 4.78 is 17.3. The van der Waals surface area contributed by atoms with Crippen LogP contribution in [0.2, 0.25) is 15.1 Å². The molecule has 6 nitrogen and oxygen atoms in total. The zero-order chi connectivity index (χ0) is 26.0. The molecule has 0 unspecified atom stereocenters. The van der Waals surface area contributed by atoms with Crippen molar-refractivity contribution in [2.75, 3.05) is 0 Å². The van der Waals surface area contributed by atoms with Crippen LogP contribution in [0.15, 0.2) is 102 Å². The molecule has 0 aromatic heterocycles. The molecular weight excluding hydrogens is 535 g/mol. The van der Waals surface area contributed by atoms with Crippen LogP contribution in [0, 0.1) is 0 Å². The molecule has 0 saturated heterocycles. The van der Waals surface area contributed by atoms with Gasteiger partial charge in [-0.3, -0.25) is 4.79 Å². The van der Waals surface area contributed by atoms with Crippen molar-refractivity contribution in [1.82, 2.24) is 5.43 Å². The highest BCUT2D eigenvalue weighted by Gasteiger charge is 2.22. The average molecular weight is 556 g/mol. The fourth-order valence-corrected chi connectivity index (χ4v) is 3.44. The molecule has 0 bridgehead atoms. The largest absolute Gasteiger partial charge is 0.489 e. The normalized spacial score (nSPS) is 10.9. The first-order valence-electron chi connectivity index (χ1n) is 11.1. The van der Waals surface area contributed by atoms with Gasteiger partial charge in [0.1, 0.15) is 23.9 Å². The van der Waals surface area contributed by atoms with E-state index >= 15 is 0 Å². The summed E-state index contributed by atoms with van der Waals surface area (Å²) in [5.74, 6) is 0.831. The number of halogens is 3. The topological polar surface area (TPSA) is 69.2 Å². The molecule has 0 aliphatic rings. The van der Waals surface area contributed by atoms with Gasteiger partial charge in [-0.2, -0.15) is 5.10 Å². The van der Waals surface area contributed by atoms with E-state index in [1.54, 1.807) is 54.6 Å². The van der Waals surface area contributed by atoms with Crippen molar-refractivity contribution in [3.05, 3.63) is 123 Å². The summed E-state index contributed by atoms with van der Waals surface area (Å²) in [6.45, 7) is 0.389. The quantitative estimate of drug-likeness (QED) is 0.128. The Bertz CT molecular complexity index is 1300. The third-order valence-corrected chi connectivity index (χ3v) is 5.65. The number of ether oxygens (including phenoxy) is 3. The molecule has 4 aromatic rings. The van der Waals surface area contributed by atoms with Gasteiger partial charge in [0.15, 0.2) is 0 Å². The zero-order valence-corrected chi connectivity index (χ0v) is 21.6. The van der Waals surface area contributed by atoms with Gasteiger partial charge >= 0.3 is 12.2 Å². The van der Waals surface area contributed by atoms with Gasteiger partial charge in [-0.15, -0.1) is 0 Å². The minimum atomic E-state index is -1.33. The minimum absolute atomic E-state index is 0.389. The number of carbonyl (C=O) groups is 1. The summed E-state index contributed by atoms with van der Waals surface area (Å²) in [6, 6.07) is 27.8. The van der Waals surface area contributed by atoms with Crippen LogP contribution in [-0.4, -0.2) is 18.4 Å². The first-order valence-corrected chi connectivity index (χ1v) is 12.2. The Morgan fingerprint density at radius 1 is 0.757 bits per heavy atom. The van der Waals surface area contributed by atoms with Crippen LogP contribution in [0.25, 0.3) is 0 Å². The van der Waals surface area contributed by atoms with E-state index in [1.807, 2.05) is 42.5 Å². The Morgan fingerprint density at radius 2 is 1.30 bits per heavy atom. The van der Waals surface area contributed by atoms with Gasteiger partial charge in [-0.05, 0) is 83.9 Å². The highest BCUT2D eigenvalue weighted by molar-refractivity contribution is 6.31. The Balaban J connectivity index is 1.39. The number of benzene rings is 4. The number of hydrogen-bond donors (Lipinski definition) is 1. The van der Waals surface area contributed by atoms with Crippen LogP contribution < -0.4 is 19.6 Å². The van der Waals surface area contributed by atoms with E-state index in [9.17, 15) is 4.79 Å². The van der Waals surface area contributed by atoms with Crippen molar-refractivity contribution >= 4 is 46.9 Å². The molecule has 0 saturated carbocycles. The lowest BCUT2D eigenvalue weighted by atomic mass is 10.2. The van der Waals surface area contributed by atoms with Crippen molar-refractivity contribution in [1.29, 1.82) is 0 Å². The molecule has 0 radical (unpaired) electrons. The summed E-state index contributed by atoms with van der Waals surface area (Å²) in [4.78, 5) is 12.9. The van der Waals surface area contributed by atoms with Crippen molar-refractivity contribution in [3.63, 3.8) is 0 Å². The Labute approximate surface area is 229 Å². The van der Waals surface area contributed by atoms with Crippen molar-refractivity contribution in [3.8, 4) is 17.2 Å². The summed E-state index contributed by atoms with van der Waals surface area (Å²) in [5.41, 5.74) is 4.17. The molecule has 37 heavy (non-hydrogen) atoms. The highest BCUT2D eigenvalue weighted by atomic mass is 35.5. The lowest BCUT2D eigenvalue weighted by Crippen LogP contribution is -2.40. The molecule has 0 aliphatic heterocycles. The van der Waals surface area contributed by atoms with E-state index in [2.05, 4.69) is 10.5 Å². The van der Waals surface area contributed by atoms with Crippen LogP contribution in [0.5, 0.6) is 17.2 Å². The van der Waals surface area contributed by atoms with Gasteiger partial charge in [0, 0.05) is 15.1 Å². The molecule has 1 N–H and O–H groups in total. The second kappa shape index (κ2) is 13.0. The van der Waals surface area contributed by atoms with E-state index in [4.69, 9.17) is 49.0 Å². The Kier molecular flexibility index (Phi) is 9.27. The first kappa shape index (κ1) is 26.4. The lowest BCUT2D eigenvalue weighted by molar-refractivity contribution is -0.140. The molecule has 0 spiro atoms. The van der Waals surface area contributed by atoms with Gasteiger partial charge in [-0.1, -0.05) is 59.1 Å². The number of hydrogen-bond acceptors (Lipinski definition) is 5. The molecule has 1 amide bonds. The SMILES string of the molecule is O=C(N/N=C\c1cccc(OCc2ccc(Cl)cc2)c1)C(Oc1ccc(Cl)cc1)Oc1ccc(Cl)cc1. The summed E-state index contributed by atoms with van der Waals surface area (Å²) in [7, 11) is 0. The number of rotatable bonds is 10. The molecule has 4 rings (SSSR count).